The molecule has 5 aromatic carbocycles. The van der Waals surface area contributed by atoms with Crippen molar-refractivity contribution in [3.63, 3.8) is 0 Å². The summed E-state index contributed by atoms with van der Waals surface area (Å²) >= 11 is 0. The van der Waals surface area contributed by atoms with E-state index in [2.05, 4.69) is 146 Å². The molecule has 6 aromatic rings. The largest absolute Gasteiger partial charge is 0.300 e. The molecule has 0 saturated carbocycles. The summed E-state index contributed by atoms with van der Waals surface area (Å²) in [4.78, 5) is 4.54. The molecule has 0 atom stereocenters. The topological polar surface area (TPSA) is 36.7 Å². The second-order valence-electron chi connectivity index (χ2n) is 11.4. The molecule has 6 rings (SSSR count). The van der Waals surface area contributed by atoms with Crippen LogP contribution in [0.2, 0.25) is 0 Å². The molecule has 2 nitrogen and oxygen atoms in total. The molecule has 0 saturated heterocycles. The number of rotatable bonds is 9. The molecule has 2 heteroatoms. The average Bonchev–Trinajstić information content (AvgIpc) is 3.14. The molecule has 0 spiro atoms. The van der Waals surface area contributed by atoms with Gasteiger partial charge in [0.05, 0.1) is 11.4 Å². The molecular weight excluding hydrogens is 581 g/mol. The third-order valence-electron chi connectivity index (χ3n) is 8.31. The molecule has 0 unspecified atom stereocenters. The summed E-state index contributed by atoms with van der Waals surface area (Å²) in [6.45, 7) is 12.3. The minimum Gasteiger partial charge on any atom is -0.300 e. The van der Waals surface area contributed by atoms with Gasteiger partial charge >= 0.3 is 0 Å². The first-order chi connectivity index (χ1) is 23.5. The molecule has 1 heterocycles. The van der Waals surface area contributed by atoms with E-state index in [1.54, 1.807) is 18.2 Å². The maximum atomic E-state index is 8.34. The molecule has 1 N–H and O–H groups in total. The highest BCUT2D eigenvalue weighted by molar-refractivity contribution is 6.08. The lowest BCUT2D eigenvalue weighted by molar-refractivity contribution is 1.33. The highest BCUT2D eigenvalue weighted by atomic mass is 14.7. The van der Waals surface area contributed by atoms with Crippen LogP contribution in [0.1, 0.15) is 5.56 Å². The van der Waals surface area contributed by atoms with Crippen molar-refractivity contribution in [3.8, 4) is 33.5 Å². The zero-order valence-corrected chi connectivity index (χ0v) is 26.8. The van der Waals surface area contributed by atoms with Gasteiger partial charge in [0, 0.05) is 11.8 Å². The Bertz CT molecular complexity index is 2280. The van der Waals surface area contributed by atoms with E-state index in [0.717, 1.165) is 55.4 Å². The van der Waals surface area contributed by atoms with Gasteiger partial charge in [-0.3, -0.25) is 4.98 Å². The molecule has 0 amide bonds. The highest BCUT2D eigenvalue weighted by Gasteiger charge is 2.09. The summed E-state index contributed by atoms with van der Waals surface area (Å²) in [5.74, 6) is 0. The Balaban J connectivity index is 1.58. The van der Waals surface area contributed by atoms with Gasteiger partial charge in [0.2, 0.25) is 0 Å². The van der Waals surface area contributed by atoms with E-state index in [1.165, 1.54) is 10.8 Å². The van der Waals surface area contributed by atoms with Gasteiger partial charge in [-0.15, -0.1) is 0 Å². The normalized spacial score (nSPS) is 11.1. The van der Waals surface area contributed by atoms with E-state index in [0.29, 0.717) is 11.3 Å². The van der Waals surface area contributed by atoms with Gasteiger partial charge in [-0.25, -0.2) is 0 Å². The maximum Gasteiger partial charge on any atom is 0.0701 e. The van der Waals surface area contributed by atoms with Crippen LogP contribution in [0.15, 0.2) is 201 Å². The first-order valence-corrected chi connectivity index (χ1v) is 15.9. The number of allylic oxidation sites excluding steroid dienone is 7. The lowest BCUT2D eigenvalue weighted by Gasteiger charge is -2.11. The van der Waals surface area contributed by atoms with Crippen molar-refractivity contribution in [3.05, 3.63) is 207 Å². The van der Waals surface area contributed by atoms with Gasteiger partial charge in [-0.2, -0.15) is 0 Å². The van der Waals surface area contributed by atoms with E-state index >= 15 is 0 Å². The van der Waals surface area contributed by atoms with Crippen molar-refractivity contribution in [1.29, 1.82) is 5.41 Å². The van der Waals surface area contributed by atoms with Crippen LogP contribution in [0.4, 0.5) is 0 Å². The smallest absolute Gasteiger partial charge is 0.0701 e. The first-order valence-electron chi connectivity index (χ1n) is 15.9. The average molecular weight is 617 g/mol. The third kappa shape index (κ3) is 7.04. The number of nitrogens with one attached hydrogen (secondary N) is 1. The van der Waals surface area contributed by atoms with Crippen molar-refractivity contribution in [2.45, 2.75) is 0 Å². The van der Waals surface area contributed by atoms with Crippen LogP contribution in [0.5, 0.6) is 0 Å². The molecule has 0 aliphatic heterocycles. The molecule has 48 heavy (non-hydrogen) atoms. The fourth-order valence-corrected chi connectivity index (χ4v) is 5.80. The monoisotopic (exact) mass is 616 g/mol. The molecule has 0 fully saturated rings. The van der Waals surface area contributed by atoms with Crippen LogP contribution in [0.3, 0.4) is 0 Å². The van der Waals surface area contributed by atoms with Crippen molar-refractivity contribution >= 4 is 32.8 Å². The van der Waals surface area contributed by atoms with Crippen molar-refractivity contribution in [2.24, 2.45) is 0 Å². The Hall–Kier alpha value is -6.38. The number of fused-ring (bicyclic) bond motifs is 2. The zero-order chi connectivity index (χ0) is 33.3. The van der Waals surface area contributed by atoms with Gasteiger partial charge in [-0.05, 0) is 78.7 Å². The van der Waals surface area contributed by atoms with E-state index in [9.17, 15) is 0 Å². The lowest BCUT2D eigenvalue weighted by atomic mass is 9.93. The molecule has 230 valence electrons. The zero-order valence-electron chi connectivity index (χ0n) is 26.8. The van der Waals surface area contributed by atoms with Gasteiger partial charge in [0.1, 0.15) is 0 Å². The van der Waals surface area contributed by atoms with Crippen LogP contribution in [-0.2, 0) is 0 Å². The standard InChI is InChI=1S/C46H36N2/c1-4-5-22-45(47)34(3)25-24-33(2)39-31-30-36(41-20-12-15-35-14-6-7-17-40(35)41)16-13-21-42(44-19-9-8-18-43(39)44)37-26-28-38(29-27-37)46-23-10-11-32-48-46/h4-32,47H,1-3H2. The molecule has 0 aliphatic rings. The number of nitrogens with zero attached hydrogens (tertiary/aromatic N) is 1. The summed E-state index contributed by atoms with van der Waals surface area (Å²) in [6.07, 6.45) is 10.7. The second-order valence-corrected chi connectivity index (χ2v) is 11.4. The van der Waals surface area contributed by atoms with Crippen LogP contribution in [0.25, 0.3) is 60.6 Å². The van der Waals surface area contributed by atoms with Gasteiger partial charge in [-0.1, -0.05) is 171 Å². The Morgan fingerprint density at radius 3 is 1.90 bits per heavy atom. The van der Waals surface area contributed by atoms with Crippen molar-refractivity contribution < 1.29 is 0 Å². The van der Waals surface area contributed by atoms with Crippen LogP contribution >= 0.6 is 0 Å². The van der Waals surface area contributed by atoms with Gasteiger partial charge in [0.15, 0.2) is 0 Å². The Labute approximate surface area is 282 Å². The highest BCUT2D eigenvalue weighted by Crippen LogP contribution is 2.34. The van der Waals surface area contributed by atoms with E-state index in [-0.39, 0.29) is 0 Å². The number of pyridine rings is 1. The Kier molecular flexibility index (Phi) is 9.75. The predicted molar refractivity (Wildman–Crippen MR) is 208 cm³/mol. The van der Waals surface area contributed by atoms with Crippen molar-refractivity contribution in [1.82, 2.24) is 4.98 Å². The quantitative estimate of drug-likeness (QED) is 0.127. The minimum atomic E-state index is 0.321. The number of aromatic nitrogens is 1. The second kappa shape index (κ2) is 14.8. The molecule has 0 radical (unpaired) electrons. The van der Waals surface area contributed by atoms with Crippen LogP contribution < -0.4 is 0 Å². The summed E-state index contributed by atoms with van der Waals surface area (Å²) < 4.78 is 0. The van der Waals surface area contributed by atoms with Crippen LogP contribution in [-0.4, -0.2) is 10.7 Å². The first kappa shape index (κ1) is 31.6. The number of hydrogen-bond donors (Lipinski definition) is 1. The fourth-order valence-electron chi connectivity index (χ4n) is 5.80. The molecule has 0 bridgehead atoms. The predicted octanol–water partition coefficient (Wildman–Crippen LogP) is 12.4. The summed E-state index contributed by atoms with van der Waals surface area (Å²) in [7, 11) is 0. The van der Waals surface area contributed by atoms with E-state index in [1.807, 2.05) is 36.5 Å². The lowest BCUT2D eigenvalue weighted by Crippen LogP contribution is -1.92. The molecular formula is C46H36N2. The Morgan fingerprint density at radius 2 is 1.15 bits per heavy atom. The Morgan fingerprint density at radius 1 is 0.542 bits per heavy atom. The number of hydrogen-bond acceptors (Lipinski definition) is 2. The molecule has 1 aromatic heterocycles. The maximum absolute atomic E-state index is 8.34. The fraction of sp³-hybridized carbons (Fsp3) is 0. The van der Waals surface area contributed by atoms with Gasteiger partial charge < -0.3 is 5.41 Å². The van der Waals surface area contributed by atoms with Crippen LogP contribution in [0, 0.1) is 5.41 Å². The minimum absolute atomic E-state index is 0.321. The SMILES string of the molecule is C=CC=CC(=N)C(=C)C=CC(=C)c1ccc(-c2cccc3ccccc23)cccc(-c2ccc(-c3ccccn3)cc2)c2ccccc12. The third-order valence-corrected chi connectivity index (χ3v) is 8.31. The summed E-state index contributed by atoms with van der Waals surface area (Å²) in [5.41, 5.74) is 9.14. The number of benzene rings is 4. The van der Waals surface area contributed by atoms with E-state index in [4.69, 9.17) is 5.41 Å². The summed E-state index contributed by atoms with van der Waals surface area (Å²) in [5, 5.41) is 12.9. The van der Waals surface area contributed by atoms with Crippen molar-refractivity contribution in [2.75, 3.05) is 0 Å². The summed E-state index contributed by atoms with van der Waals surface area (Å²) in [6, 6.07) is 48.8. The van der Waals surface area contributed by atoms with E-state index < -0.39 is 0 Å². The molecule has 0 aliphatic carbocycles. The van der Waals surface area contributed by atoms with Gasteiger partial charge in [0.25, 0.3) is 0 Å².